The quantitative estimate of drug-likeness (QED) is 0.864. The summed E-state index contributed by atoms with van der Waals surface area (Å²) in [7, 11) is 1.84. The molecule has 1 aromatic carbocycles. The molecule has 0 saturated carbocycles. The van der Waals surface area contributed by atoms with Crippen LogP contribution in [0.15, 0.2) is 42.5 Å². The van der Waals surface area contributed by atoms with Crippen LogP contribution in [0.2, 0.25) is 0 Å². The first-order chi connectivity index (χ1) is 8.81. The molecule has 0 radical (unpaired) electrons. The lowest BCUT2D eigenvalue weighted by Crippen LogP contribution is -1.94. The van der Waals surface area contributed by atoms with Crippen molar-refractivity contribution >= 4 is 5.82 Å². The van der Waals surface area contributed by atoms with Gasteiger partial charge in [-0.05, 0) is 30.2 Å². The summed E-state index contributed by atoms with van der Waals surface area (Å²) in [6, 6.07) is 13.8. The van der Waals surface area contributed by atoms with Gasteiger partial charge in [0.1, 0.15) is 11.6 Å². The van der Waals surface area contributed by atoms with Crippen molar-refractivity contribution < 1.29 is 4.74 Å². The Labute approximate surface area is 108 Å². The van der Waals surface area contributed by atoms with E-state index in [4.69, 9.17) is 4.74 Å². The Morgan fingerprint density at radius 1 is 1.11 bits per heavy atom. The third-order valence-electron chi connectivity index (χ3n) is 2.66. The van der Waals surface area contributed by atoms with E-state index in [0.29, 0.717) is 5.88 Å². The van der Waals surface area contributed by atoms with Crippen molar-refractivity contribution in [3.8, 4) is 11.6 Å². The van der Waals surface area contributed by atoms with E-state index >= 15 is 0 Å². The highest BCUT2D eigenvalue weighted by Gasteiger charge is 2.00. The molecule has 3 heteroatoms. The van der Waals surface area contributed by atoms with Crippen LogP contribution in [-0.2, 0) is 6.42 Å². The maximum Gasteiger partial charge on any atom is 0.221 e. The Hall–Kier alpha value is -2.03. The van der Waals surface area contributed by atoms with Crippen molar-refractivity contribution in [2.75, 3.05) is 12.4 Å². The second-order valence-electron chi connectivity index (χ2n) is 4.11. The number of nitrogens with one attached hydrogen (secondary N) is 1. The number of hydrogen-bond acceptors (Lipinski definition) is 3. The van der Waals surface area contributed by atoms with Crippen LogP contribution in [0.5, 0.6) is 11.6 Å². The standard InChI is InChI=1S/C15H18N2O/c1-3-5-12-8-10-13(11-9-12)18-15-7-4-6-14(16-2)17-15/h4,6-11H,3,5H2,1-2H3,(H,16,17). The summed E-state index contributed by atoms with van der Waals surface area (Å²) in [4.78, 5) is 4.31. The fraction of sp³-hybridized carbons (Fsp3) is 0.267. The first-order valence-corrected chi connectivity index (χ1v) is 6.23. The number of benzene rings is 1. The fourth-order valence-corrected chi connectivity index (χ4v) is 1.74. The maximum absolute atomic E-state index is 5.70. The minimum atomic E-state index is 0.602. The van der Waals surface area contributed by atoms with Crippen LogP contribution in [0, 0.1) is 0 Å². The summed E-state index contributed by atoms with van der Waals surface area (Å²) in [5.74, 6) is 2.22. The number of rotatable bonds is 5. The monoisotopic (exact) mass is 242 g/mol. The third-order valence-corrected chi connectivity index (χ3v) is 2.66. The first kappa shape index (κ1) is 12.4. The van der Waals surface area contributed by atoms with Gasteiger partial charge in [0.2, 0.25) is 5.88 Å². The van der Waals surface area contributed by atoms with Gasteiger partial charge in [0, 0.05) is 13.1 Å². The normalized spacial score (nSPS) is 10.1. The van der Waals surface area contributed by atoms with Crippen LogP contribution in [-0.4, -0.2) is 12.0 Å². The van der Waals surface area contributed by atoms with Gasteiger partial charge in [-0.2, -0.15) is 4.98 Å². The molecule has 0 atom stereocenters. The number of anilines is 1. The Morgan fingerprint density at radius 2 is 1.89 bits per heavy atom. The molecule has 0 saturated heterocycles. The van der Waals surface area contributed by atoms with Gasteiger partial charge in [-0.25, -0.2) is 0 Å². The summed E-state index contributed by atoms with van der Waals surface area (Å²) >= 11 is 0. The minimum Gasteiger partial charge on any atom is -0.439 e. The Kier molecular flexibility index (Phi) is 4.18. The van der Waals surface area contributed by atoms with Crippen LogP contribution in [0.25, 0.3) is 0 Å². The van der Waals surface area contributed by atoms with Crippen LogP contribution in [0.3, 0.4) is 0 Å². The number of pyridine rings is 1. The number of hydrogen-bond donors (Lipinski definition) is 1. The molecule has 2 rings (SSSR count). The molecule has 1 aromatic heterocycles. The van der Waals surface area contributed by atoms with E-state index in [1.54, 1.807) is 0 Å². The van der Waals surface area contributed by atoms with Crippen LogP contribution >= 0.6 is 0 Å². The second-order valence-corrected chi connectivity index (χ2v) is 4.11. The van der Waals surface area contributed by atoms with Crippen LogP contribution in [0.1, 0.15) is 18.9 Å². The van der Waals surface area contributed by atoms with Crippen LogP contribution in [0.4, 0.5) is 5.82 Å². The average molecular weight is 242 g/mol. The molecular weight excluding hydrogens is 224 g/mol. The zero-order chi connectivity index (χ0) is 12.8. The lowest BCUT2D eigenvalue weighted by molar-refractivity contribution is 0.463. The molecule has 2 aromatic rings. The van der Waals surface area contributed by atoms with Gasteiger partial charge in [-0.1, -0.05) is 31.5 Å². The van der Waals surface area contributed by atoms with E-state index in [1.807, 2.05) is 37.4 Å². The number of aryl methyl sites for hydroxylation is 1. The average Bonchev–Trinajstić information content (AvgIpc) is 2.42. The lowest BCUT2D eigenvalue weighted by atomic mass is 10.1. The molecule has 0 aliphatic rings. The molecule has 18 heavy (non-hydrogen) atoms. The first-order valence-electron chi connectivity index (χ1n) is 6.23. The zero-order valence-corrected chi connectivity index (χ0v) is 10.8. The molecule has 0 bridgehead atoms. The molecule has 1 N–H and O–H groups in total. The van der Waals surface area contributed by atoms with Crippen LogP contribution < -0.4 is 10.1 Å². The van der Waals surface area contributed by atoms with Crippen molar-refractivity contribution in [1.82, 2.24) is 4.98 Å². The van der Waals surface area contributed by atoms with E-state index in [-0.39, 0.29) is 0 Å². The van der Waals surface area contributed by atoms with Crippen molar-refractivity contribution in [2.45, 2.75) is 19.8 Å². The van der Waals surface area contributed by atoms with E-state index < -0.39 is 0 Å². The molecule has 0 unspecified atom stereocenters. The van der Waals surface area contributed by atoms with Crippen molar-refractivity contribution in [3.05, 3.63) is 48.0 Å². The SMILES string of the molecule is CCCc1ccc(Oc2cccc(NC)n2)cc1. The summed E-state index contributed by atoms with van der Waals surface area (Å²) in [6.45, 7) is 2.18. The second kappa shape index (κ2) is 6.05. The maximum atomic E-state index is 5.70. The van der Waals surface area contributed by atoms with Gasteiger partial charge in [-0.3, -0.25) is 0 Å². The van der Waals surface area contributed by atoms with Crippen molar-refractivity contribution in [2.24, 2.45) is 0 Å². The molecular formula is C15H18N2O. The molecule has 1 heterocycles. The van der Waals surface area contributed by atoms with E-state index in [2.05, 4.69) is 29.4 Å². The highest BCUT2D eigenvalue weighted by Crippen LogP contribution is 2.21. The Morgan fingerprint density at radius 3 is 2.56 bits per heavy atom. The van der Waals surface area contributed by atoms with Crippen molar-refractivity contribution in [1.29, 1.82) is 0 Å². The number of nitrogens with zero attached hydrogens (tertiary/aromatic N) is 1. The molecule has 0 amide bonds. The van der Waals surface area contributed by atoms with E-state index in [9.17, 15) is 0 Å². The predicted molar refractivity (Wildman–Crippen MR) is 74.3 cm³/mol. The molecule has 0 aliphatic carbocycles. The van der Waals surface area contributed by atoms with Gasteiger partial charge in [0.05, 0.1) is 0 Å². The molecule has 0 aliphatic heterocycles. The highest BCUT2D eigenvalue weighted by atomic mass is 16.5. The van der Waals surface area contributed by atoms with E-state index in [1.165, 1.54) is 5.56 Å². The van der Waals surface area contributed by atoms with E-state index in [0.717, 1.165) is 24.4 Å². The minimum absolute atomic E-state index is 0.602. The summed E-state index contributed by atoms with van der Waals surface area (Å²) in [5.41, 5.74) is 1.33. The smallest absolute Gasteiger partial charge is 0.221 e. The molecule has 3 nitrogen and oxygen atoms in total. The summed E-state index contributed by atoms with van der Waals surface area (Å²) in [6.07, 6.45) is 2.26. The summed E-state index contributed by atoms with van der Waals surface area (Å²) < 4.78 is 5.70. The third kappa shape index (κ3) is 3.23. The highest BCUT2D eigenvalue weighted by molar-refractivity contribution is 5.38. The fourth-order valence-electron chi connectivity index (χ4n) is 1.74. The number of ether oxygens (including phenoxy) is 1. The molecule has 94 valence electrons. The van der Waals surface area contributed by atoms with Gasteiger partial charge in [-0.15, -0.1) is 0 Å². The summed E-state index contributed by atoms with van der Waals surface area (Å²) in [5, 5.41) is 2.99. The lowest BCUT2D eigenvalue weighted by Gasteiger charge is -2.07. The van der Waals surface area contributed by atoms with Gasteiger partial charge in [0.15, 0.2) is 0 Å². The van der Waals surface area contributed by atoms with Gasteiger partial charge >= 0.3 is 0 Å². The predicted octanol–water partition coefficient (Wildman–Crippen LogP) is 3.87. The topological polar surface area (TPSA) is 34.1 Å². The van der Waals surface area contributed by atoms with Crippen molar-refractivity contribution in [3.63, 3.8) is 0 Å². The largest absolute Gasteiger partial charge is 0.439 e. The number of aromatic nitrogens is 1. The molecule has 0 fully saturated rings. The Bertz CT molecular complexity index is 494. The molecule has 0 spiro atoms. The van der Waals surface area contributed by atoms with Gasteiger partial charge < -0.3 is 10.1 Å². The Balaban J connectivity index is 2.08. The zero-order valence-electron chi connectivity index (χ0n) is 10.8. The van der Waals surface area contributed by atoms with Gasteiger partial charge in [0.25, 0.3) is 0 Å².